The summed E-state index contributed by atoms with van der Waals surface area (Å²) in [5.74, 6) is 1.69. The summed E-state index contributed by atoms with van der Waals surface area (Å²) in [7, 11) is 0. The van der Waals surface area contributed by atoms with Gasteiger partial charge >= 0.3 is 0 Å². The first kappa shape index (κ1) is 13.7. The molecule has 4 nitrogen and oxygen atoms in total. The number of carbonyl (C=O) groups is 1. The molecule has 0 unspecified atom stereocenters. The highest BCUT2D eigenvalue weighted by Crippen LogP contribution is 2.36. The van der Waals surface area contributed by atoms with Crippen molar-refractivity contribution < 1.29 is 4.79 Å². The van der Waals surface area contributed by atoms with Gasteiger partial charge in [-0.15, -0.1) is 0 Å². The minimum atomic E-state index is 0.203. The van der Waals surface area contributed by atoms with E-state index in [1.165, 1.54) is 25.7 Å². The minimum absolute atomic E-state index is 0.203. The van der Waals surface area contributed by atoms with Crippen LogP contribution in [0.15, 0.2) is 0 Å². The number of aryl methyl sites for hydroxylation is 2. The fourth-order valence-electron chi connectivity index (χ4n) is 4.04. The lowest BCUT2D eigenvalue weighted by Gasteiger charge is -2.22. The number of amides is 1. The average Bonchev–Trinajstić information content (AvgIpc) is 2.99. The number of fused-ring (bicyclic) bond motifs is 1. The van der Waals surface area contributed by atoms with Crippen LogP contribution in [0.3, 0.4) is 0 Å². The SMILES string of the molecule is CCn1nc(C)c(C(=O)N2C[C@H]3CCCC[C@H]3C2)c1C. The summed E-state index contributed by atoms with van der Waals surface area (Å²) in [6.07, 6.45) is 5.30. The van der Waals surface area contributed by atoms with Gasteiger partial charge in [-0.05, 0) is 45.4 Å². The van der Waals surface area contributed by atoms with E-state index >= 15 is 0 Å². The zero-order valence-corrected chi connectivity index (χ0v) is 12.9. The molecule has 2 aliphatic rings. The van der Waals surface area contributed by atoms with Crippen LogP contribution < -0.4 is 0 Å². The van der Waals surface area contributed by atoms with Crippen molar-refractivity contribution in [3.63, 3.8) is 0 Å². The molecule has 2 fully saturated rings. The fourth-order valence-corrected chi connectivity index (χ4v) is 4.04. The Balaban J connectivity index is 1.81. The van der Waals surface area contributed by atoms with Crippen molar-refractivity contribution in [1.82, 2.24) is 14.7 Å². The summed E-state index contributed by atoms with van der Waals surface area (Å²) in [6, 6.07) is 0. The van der Waals surface area contributed by atoms with Gasteiger partial charge in [-0.25, -0.2) is 0 Å². The average molecular weight is 275 g/mol. The largest absolute Gasteiger partial charge is 0.338 e. The molecular weight excluding hydrogens is 250 g/mol. The fraction of sp³-hybridized carbons (Fsp3) is 0.750. The molecule has 1 aliphatic carbocycles. The van der Waals surface area contributed by atoms with Crippen LogP contribution in [0.1, 0.15) is 54.4 Å². The van der Waals surface area contributed by atoms with E-state index in [1.807, 2.05) is 18.5 Å². The Bertz CT molecular complexity index is 506. The van der Waals surface area contributed by atoms with Crippen molar-refractivity contribution in [3.05, 3.63) is 17.0 Å². The van der Waals surface area contributed by atoms with Gasteiger partial charge in [-0.2, -0.15) is 5.10 Å². The van der Waals surface area contributed by atoms with E-state index < -0.39 is 0 Å². The molecule has 4 heteroatoms. The normalized spacial score (nSPS) is 25.9. The third-order valence-electron chi connectivity index (χ3n) is 5.16. The van der Waals surface area contributed by atoms with Crippen molar-refractivity contribution in [2.75, 3.05) is 13.1 Å². The topological polar surface area (TPSA) is 38.1 Å². The molecule has 0 aromatic carbocycles. The van der Waals surface area contributed by atoms with Crippen LogP contribution in [-0.2, 0) is 6.54 Å². The van der Waals surface area contributed by atoms with Crippen LogP contribution in [0.4, 0.5) is 0 Å². The number of aromatic nitrogens is 2. The predicted molar refractivity (Wildman–Crippen MR) is 78.7 cm³/mol. The van der Waals surface area contributed by atoms with Crippen LogP contribution in [-0.4, -0.2) is 33.7 Å². The van der Waals surface area contributed by atoms with E-state index in [0.717, 1.165) is 48.4 Å². The molecule has 3 rings (SSSR count). The Hall–Kier alpha value is -1.32. The summed E-state index contributed by atoms with van der Waals surface area (Å²) in [4.78, 5) is 14.9. The second-order valence-corrected chi connectivity index (χ2v) is 6.38. The Morgan fingerprint density at radius 3 is 2.30 bits per heavy atom. The Labute approximate surface area is 121 Å². The number of likely N-dealkylation sites (tertiary alicyclic amines) is 1. The first-order valence-electron chi connectivity index (χ1n) is 7.95. The molecule has 0 radical (unpaired) electrons. The van der Waals surface area contributed by atoms with Crippen LogP contribution in [0.25, 0.3) is 0 Å². The number of carbonyl (C=O) groups excluding carboxylic acids is 1. The van der Waals surface area contributed by atoms with Crippen molar-refractivity contribution in [3.8, 4) is 0 Å². The van der Waals surface area contributed by atoms with Gasteiger partial charge in [0.2, 0.25) is 0 Å². The molecule has 1 aromatic rings. The molecule has 2 heterocycles. The van der Waals surface area contributed by atoms with Gasteiger partial charge in [-0.1, -0.05) is 12.8 Å². The molecule has 110 valence electrons. The standard InChI is InChI=1S/C16H25N3O/c1-4-19-12(3)15(11(2)17-19)16(20)18-9-13-7-5-6-8-14(13)10-18/h13-14H,4-10H2,1-3H3/t13-,14+. The van der Waals surface area contributed by atoms with Gasteiger partial charge in [0.25, 0.3) is 5.91 Å². The Kier molecular flexibility index (Phi) is 3.57. The zero-order valence-electron chi connectivity index (χ0n) is 12.9. The zero-order chi connectivity index (χ0) is 14.3. The highest BCUT2D eigenvalue weighted by molar-refractivity contribution is 5.96. The smallest absolute Gasteiger partial charge is 0.257 e. The molecule has 1 aromatic heterocycles. The van der Waals surface area contributed by atoms with Gasteiger partial charge < -0.3 is 4.90 Å². The molecule has 1 saturated heterocycles. The first-order valence-corrected chi connectivity index (χ1v) is 7.95. The first-order chi connectivity index (χ1) is 9.61. The van der Waals surface area contributed by atoms with Gasteiger partial charge in [0.1, 0.15) is 0 Å². The lowest BCUT2D eigenvalue weighted by atomic mass is 9.82. The monoisotopic (exact) mass is 275 g/mol. The molecule has 1 amide bonds. The van der Waals surface area contributed by atoms with Crippen LogP contribution in [0.5, 0.6) is 0 Å². The van der Waals surface area contributed by atoms with E-state index in [1.54, 1.807) is 0 Å². The molecule has 0 N–H and O–H groups in total. The van der Waals surface area contributed by atoms with Gasteiger partial charge in [0.15, 0.2) is 0 Å². The predicted octanol–water partition coefficient (Wildman–Crippen LogP) is 2.78. The third-order valence-corrected chi connectivity index (χ3v) is 5.16. The van der Waals surface area contributed by atoms with E-state index in [9.17, 15) is 4.79 Å². The van der Waals surface area contributed by atoms with Crippen LogP contribution >= 0.6 is 0 Å². The summed E-state index contributed by atoms with van der Waals surface area (Å²) < 4.78 is 1.94. The second kappa shape index (κ2) is 5.23. The Morgan fingerprint density at radius 1 is 1.20 bits per heavy atom. The van der Waals surface area contributed by atoms with Crippen molar-refractivity contribution >= 4 is 5.91 Å². The molecule has 1 aliphatic heterocycles. The highest BCUT2D eigenvalue weighted by Gasteiger charge is 2.37. The summed E-state index contributed by atoms with van der Waals surface area (Å²) in [5, 5.41) is 4.48. The number of hydrogen-bond donors (Lipinski definition) is 0. The van der Waals surface area contributed by atoms with Gasteiger partial charge in [-0.3, -0.25) is 9.48 Å². The third kappa shape index (κ3) is 2.15. The van der Waals surface area contributed by atoms with Crippen LogP contribution in [0.2, 0.25) is 0 Å². The molecule has 0 spiro atoms. The maximum Gasteiger partial charge on any atom is 0.257 e. The number of rotatable bonds is 2. The summed E-state index contributed by atoms with van der Waals surface area (Å²) >= 11 is 0. The molecule has 1 saturated carbocycles. The lowest BCUT2D eigenvalue weighted by molar-refractivity contribution is 0.0782. The maximum atomic E-state index is 12.8. The molecular formula is C16H25N3O. The minimum Gasteiger partial charge on any atom is -0.338 e. The van der Waals surface area contributed by atoms with Crippen molar-refractivity contribution in [2.45, 2.75) is 53.0 Å². The van der Waals surface area contributed by atoms with Gasteiger partial charge in [0, 0.05) is 25.3 Å². The van der Waals surface area contributed by atoms with Crippen molar-refractivity contribution in [2.24, 2.45) is 11.8 Å². The molecule has 0 bridgehead atoms. The Morgan fingerprint density at radius 2 is 1.80 bits per heavy atom. The van der Waals surface area contributed by atoms with Gasteiger partial charge in [0.05, 0.1) is 11.3 Å². The van der Waals surface area contributed by atoms with Crippen LogP contribution in [0, 0.1) is 25.7 Å². The maximum absolute atomic E-state index is 12.8. The van der Waals surface area contributed by atoms with Crippen molar-refractivity contribution in [1.29, 1.82) is 0 Å². The van der Waals surface area contributed by atoms with E-state index in [4.69, 9.17) is 0 Å². The molecule has 20 heavy (non-hydrogen) atoms. The van der Waals surface area contributed by atoms with E-state index in [2.05, 4.69) is 16.9 Å². The molecule has 2 atom stereocenters. The number of hydrogen-bond acceptors (Lipinski definition) is 2. The van der Waals surface area contributed by atoms with E-state index in [-0.39, 0.29) is 5.91 Å². The summed E-state index contributed by atoms with van der Waals surface area (Å²) in [5.41, 5.74) is 2.74. The number of nitrogens with zero attached hydrogens (tertiary/aromatic N) is 3. The quantitative estimate of drug-likeness (QED) is 0.832. The summed E-state index contributed by atoms with van der Waals surface area (Å²) in [6.45, 7) is 8.78. The lowest BCUT2D eigenvalue weighted by Crippen LogP contribution is -2.29. The van der Waals surface area contributed by atoms with E-state index in [0.29, 0.717) is 0 Å². The second-order valence-electron chi connectivity index (χ2n) is 6.38. The highest BCUT2D eigenvalue weighted by atomic mass is 16.2.